The van der Waals surface area contributed by atoms with E-state index in [1.165, 1.54) is 12.8 Å². The Balaban J connectivity index is 2.54. The van der Waals surface area contributed by atoms with Crippen LogP contribution in [0.1, 0.15) is 40.5 Å². The Morgan fingerprint density at radius 1 is 1.28 bits per heavy atom. The summed E-state index contributed by atoms with van der Waals surface area (Å²) in [5, 5.41) is 3.51. The fourth-order valence-corrected chi connectivity index (χ4v) is 2.71. The largest absolute Gasteiger partial charge is 0.342 e. The van der Waals surface area contributed by atoms with Crippen LogP contribution >= 0.6 is 0 Å². The van der Waals surface area contributed by atoms with Gasteiger partial charge in [0.15, 0.2) is 0 Å². The summed E-state index contributed by atoms with van der Waals surface area (Å²) in [6.45, 7) is 12.9. The van der Waals surface area contributed by atoms with Crippen LogP contribution in [0.25, 0.3) is 0 Å². The molecular weight excluding hydrogens is 226 g/mol. The van der Waals surface area contributed by atoms with E-state index < -0.39 is 0 Å². The van der Waals surface area contributed by atoms with Gasteiger partial charge in [-0.25, -0.2) is 0 Å². The van der Waals surface area contributed by atoms with Crippen molar-refractivity contribution in [1.29, 1.82) is 0 Å². The molecule has 4 heteroatoms. The van der Waals surface area contributed by atoms with Gasteiger partial charge in [0, 0.05) is 25.7 Å². The molecule has 18 heavy (non-hydrogen) atoms. The lowest BCUT2D eigenvalue weighted by Gasteiger charge is -2.32. The Labute approximate surface area is 112 Å². The molecule has 0 aliphatic carbocycles. The van der Waals surface area contributed by atoms with Crippen LogP contribution in [0.3, 0.4) is 0 Å². The Bertz CT molecular complexity index is 247. The van der Waals surface area contributed by atoms with Crippen molar-refractivity contribution in [2.24, 2.45) is 0 Å². The molecule has 4 nitrogen and oxygen atoms in total. The molecule has 1 saturated heterocycles. The summed E-state index contributed by atoms with van der Waals surface area (Å²) in [5.74, 6) is 0.264. The number of rotatable bonds is 7. The zero-order valence-electron chi connectivity index (χ0n) is 12.4. The van der Waals surface area contributed by atoms with Crippen molar-refractivity contribution in [3.05, 3.63) is 0 Å². The second-order valence-electron chi connectivity index (χ2n) is 5.07. The number of likely N-dealkylation sites (N-methyl/N-ethyl adjacent to an activating group) is 2. The lowest BCUT2D eigenvalue weighted by Crippen LogP contribution is -2.50. The van der Waals surface area contributed by atoms with E-state index in [9.17, 15) is 4.79 Å². The Morgan fingerprint density at radius 2 is 1.94 bits per heavy atom. The van der Waals surface area contributed by atoms with Crippen LogP contribution in [0.5, 0.6) is 0 Å². The van der Waals surface area contributed by atoms with Gasteiger partial charge in [-0.1, -0.05) is 6.92 Å². The lowest BCUT2D eigenvalue weighted by atomic mass is 10.1. The van der Waals surface area contributed by atoms with E-state index in [2.05, 4.69) is 17.1 Å². The zero-order valence-corrected chi connectivity index (χ0v) is 12.4. The predicted octanol–water partition coefficient (Wildman–Crippen LogP) is 1.32. The number of nitrogens with zero attached hydrogens (tertiary/aromatic N) is 2. The van der Waals surface area contributed by atoms with E-state index in [1.807, 2.05) is 25.7 Å². The van der Waals surface area contributed by atoms with E-state index in [-0.39, 0.29) is 11.9 Å². The van der Waals surface area contributed by atoms with Crippen LogP contribution in [0, 0.1) is 0 Å². The number of hydrogen-bond donors (Lipinski definition) is 1. The molecule has 0 bridgehead atoms. The highest BCUT2D eigenvalue weighted by molar-refractivity contribution is 5.81. The summed E-state index contributed by atoms with van der Waals surface area (Å²) >= 11 is 0. The Kier molecular flexibility index (Phi) is 6.65. The van der Waals surface area contributed by atoms with Gasteiger partial charge in [0.1, 0.15) is 0 Å². The highest BCUT2D eigenvalue weighted by Crippen LogP contribution is 2.10. The second kappa shape index (κ2) is 7.74. The van der Waals surface area contributed by atoms with Gasteiger partial charge in [-0.3, -0.25) is 9.69 Å². The van der Waals surface area contributed by atoms with Gasteiger partial charge in [0.2, 0.25) is 5.91 Å². The summed E-state index contributed by atoms with van der Waals surface area (Å²) in [7, 11) is 0. The van der Waals surface area contributed by atoms with E-state index in [1.54, 1.807) is 0 Å². The first-order chi connectivity index (χ1) is 8.63. The van der Waals surface area contributed by atoms with Crippen molar-refractivity contribution in [2.75, 3.05) is 32.7 Å². The van der Waals surface area contributed by atoms with Crippen molar-refractivity contribution >= 4 is 5.91 Å². The fraction of sp³-hybridized carbons (Fsp3) is 0.929. The molecule has 1 rings (SSSR count). The minimum Gasteiger partial charge on any atom is -0.342 e. The van der Waals surface area contributed by atoms with Gasteiger partial charge in [-0.05, 0) is 46.7 Å². The Hall–Kier alpha value is -0.610. The molecule has 0 saturated carbocycles. The highest BCUT2D eigenvalue weighted by Gasteiger charge is 2.26. The summed E-state index contributed by atoms with van der Waals surface area (Å²) < 4.78 is 0. The third kappa shape index (κ3) is 3.95. The van der Waals surface area contributed by atoms with Crippen molar-refractivity contribution in [1.82, 2.24) is 15.1 Å². The SMILES string of the molecule is CCN(CC)C(=O)C(C)N(CC)CC1CCCN1. The second-order valence-corrected chi connectivity index (χ2v) is 5.07. The molecule has 1 amide bonds. The van der Waals surface area contributed by atoms with Crippen molar-refractivity contribution in [3.63, 3.8) is 0 Å². The number of amides is 1. The van der Waals surface area contributed by atoms with Crippen molar-refractivity contribution in [2.45, 2.75) is 52.6 Å². The topological polar surface area (TPSA) is 35.6 Å². The first-order valence-corrected chi connectivity index (χ1v) is 7.40. The Morgan fingerprint density at radius 3 is 2.39 bits per heavy atom. The van der Waals surface area contributed by atoms with Crippen molar-refractivity contribution < 1.29 is 4.79 Å². The van der Waals surface area contributed by atoms with Crippen LogP contribution in [-0.2, 0) is 4.79 Å². The number of hydrogen-bond acceptors (Lipinski definition) is 3. The van der Waals surface area contributed by atoms with Gasteiger partial charge >= 0.3 is 0 Å². The van der Waals surface area contributed by atoms with E-state index in [4.69, 9.17) is 0 Å². The van der Waals surface area contributed by atoms with Crippen molar-refractivity contribution in [3.8, 4) is 0 Å². The molecule has 0 radical (unpaired) electrons. The summed E-state index contributed by atoms with van der Waals surface area (Å²) in [5.41, 5.74) is 0. The lowest BCUT2D eigenvalue weighted by molar-refractivity contribution is -0.136. The average Bonchev–Trinajstić information content (AvgIpc) is 2.89. The predicted molar refractivity (Wildman–Crippen MR) is 75.7 cm³/mol. The first-order valence-electron chi connectivity index (χ1n) is 7.40. The van der Waals surface area contributed by atoms with E-state index >= 15 is 0 Å². The van der Waals surface area contributed by atoms with Crippen LogP contribution in [-0.4, -0.2) is 60.5 Å². The van der Waals surface area contributed by atoms with Gasteiger partial charge in [-0.2, -0.15) is 0 Å². The molecule has 1 fully saturated rings. The quantitative estimate of drug-likeness (QED) is 0.745. The normalized spacial score (nSPS) is 21.3. The molecule has 0 spiro atoms. The van der Waals surface area contributed by atoms with E-state index in [0.29, 0.717) is 6.04 Å². The molecule has 0 aromatic rings. The molecule has 106 valence electrons. The van der Waals surface area contributed by atoms with Gasteiger partial charge < -0.3 is 10.2 Å². The maximum Gasteiger partial charge on any atom is 0.239 e. The smallest absolute Gasteiger partial charge is 0.239 e. The minimum atomic E-state index is -0.00250. The van der Waals surface area contributed by atoms with Gasteiger partial charge in [-0.15, -0.1) is 0 Å². The highest BCUT2D eigenvalue weighted by atomic mass is 16.2. The molecule has 2 atom stereocenters. The molecule has 0 aromatic heterocycles. The molecule has 1 aliphatic heterocycles. The van der Waals surface area contributed by atoms with Crippen LogP contribution in [0.15, 0.2) is 0 Å². The zero-order chi connectivity index (χ0) is 13.5. The molecule has 1 aliphatic rings. The first kappa shape index (κ1) is 15.4. The average molecular weight is 255 g/mol. The van der Waals surface area contributed by atoms with Crippen LogP contribution < -0.4 is 5.32 Å². The summed E-state index contributed by atoms with van der Waals surface area (Å²) in [4.78, 5) is 16.6. The van der Waals surface area contributed by atoms with Crippen LogP contribution in [0.2, 0.25) is 0 Å². The molecule has 1 heterocycles. The molecule has 1 N–H and O–H groups in total. The van der Waals surface area contributed by atoms with Gasteiger partial charge in [0.25, 0.3) is 0 Å². The standard InChI is InChI=1S/C14H29N3O/c1-5-16(6-2)14(18)12(4)17(7-3)11-13-9-8-10-15-13/h12-13,15H,5-11H2,1-4H3. The fourth-order valence-electron chi connectivity index (χ4n) is 2.71. The third-order valence-corrected chi connectivity index (χ3v) is 4.00. The summed E-state index contributed by atoms with van der Waals surface area (Å²) in [6.07, 6.45) is 2.50. The maximum atomic E-state index is 12.3. The number of nitrogens with one attached hydrogen (secondary N) is 1. The summed E-state index contributed by atoms with van der Waals surface area (Å²) in [6, 6.07) is 0.564. The van der Waals surface area contributed by atoms with E-state index in [0.717, 1.165) is 32.7 Å². The molecular formula is C14H29N3O. The minimum absolute atomic E-state index is 0.00250. The number of carbonyl (C=O) groups is 1. The molecule has 2 unspecified atom stereocenters. The number of carbonyl (C=O) groups excluding carboxylic acids is 1. The van der Waals surface area contributed by atoms with Gasteiger partial charge in [0.05, 0.1) is 6.04 Å². The monoisotopic (exact) mass is 255 g/mol. The maximum absolute atomic E-state index is 12.3. The molecule has 0 aromatic carbocycles. The van der Waals surface area contributed by atoms with Crippen LogP contribution in [0.4, 0.5) is 0 Å². The third-order valence-electron chi connectivity index (χ3n) is 4.00.